The SMILES string of the molecule is C=C1/C=C\C=C/Cc2cc(-n3c4c(c5cc(-c6ccc7c(c6)c6ccccc6n7-c6cccc(-c7ccccc7)c6)ccc53)=CC(C)CC=4)ccc2S1. The number of hydrogen-bond acceptors (Lipinski definition) is 1. The molecule has 1 aliphatic carbocycles. The molecule has 0 saturated carbocycles. The molecule has 0 bridgehead atoms. The molecule has 3 heteroatoms. The first-order valence-electron chi connectivity index (χ1n) is 18.5. The number of para-hydroxylation sites is 1. The van der Waals surface area contributed by atoms with Gasteiger partial charge in [-0.3, -0.25) is 0 Å². The molecule has 2 aliphatic rings. The average molecular weight is 699 g/mol. The monoisotopic (exact) mass is 698 g/mol. The molecule has 0 saturated heterocycles. The van der Waals surface area contributed by atoms with Gasteiger partial charge in [-0.2, -0.15) is 0 Å². The highest BCUT2D eigenvalue weighted by Crippen LogP contribution is 2.37. The highest BCUT2D eigenvalue weighted by atomic mass is 32.2. The second-order valence-corrected chi connectivity index (χ2v) is 15.5. The van der Waals surface area contributed by atoms with Crippen molar-refractivity contribution in [3.8, 4) is 33.6 Å². The summed E-state index contributed by atoms with van der Waals surface area (Å²) in [6, 6.07) is 49.3. The number of nitrogens with zero attached hydrogens (tertiary/aromatic N) is 2. The van der Waals surface area contributed by atoms with Gasteiger partial charge >= 0.3 is 0 Å². The zero-order valence-corrected chi connectivity index (χ0v) is 30.5. The van der Waals surface area contributed by atoms with Crippen molar-refractivity contribution in [3.05, 3.63) is 185 Å². The van der Waals surface area contributed by atoms with Gasteiger partial charge < -0.3 is 9.13 Å². The molecule has 1 unspecified atom stereocenters. The van der Waals surface area contributed by atoms with Crippen molar-refractivity contribution in [1.29, 1.82) is 0 Å². The predicted octanol–water partition coefficient (Wildman–Crippen LogP) is 11.9. The van der Waals surface area contributed by atoms with Crippen LogP contribution in [0.5, 0.6) is 0 Å². The van der Waals surface area contributed by atoms with Gasteiger partial charge in [-0.05, 0) is 113 Å². The Morgan fingerprint density at radius 2 is 1.32 bits per heavy atom. The third-order valence-corrected chi connectivity index (χ3v) is 11.8. The molecule has 2 nitrogen and oxygen atoms in total. The number of thioether (sulfide) groups is 1. The lowest BCUT2D eigenvalue weighted by atomic mass is 9.98. The maximum absolute atomic E-state index is 4.25. The van der Waals surface area contributed by atoms with Gasteiger partial charge in [0.2, 0.25) is 0 Å². The smallest absolute Gasteiger partial charge is 0.0541 e. The van der Waals surface area contributed by atoms with E-state index in [2.05, 4.69) is 193 Å². The Bertz CT molecular complexity index is 2950. The summed E-state index contributed by atoms with van der Waals surface area (Å²) in [7, 11) is 0. The van der Waals surface area contributed by atoms with Crippen LogP contribution in [0.1, 0.15) is 18.9 Å². The molecule has 0 amide bonds. The Labute approximate surface area is 314 Å². The summed E-state index contributed by atoms with van der Waals surface area (Å²) in [6.45, 7) is 6.58. The Kier molecular flexibility index (Phi) is 7.70. The van der Waals surface area contributed by atoms with Crippen molar-refractivity contribution in [2.75, 3.05) is 0 Å². The van der Waals surface area contributed by atoms with Crippen molar-refractivity contribution in [1.82, 2.24) is 9.13 Å². The van der Waals surface area contributed by atoms with Gasteiger partial charge in [0, 0.05) is 47.9 Å². The van der Waals surface area contributed by atoms with E-state index in [1.54, 1.807) is 11.8 Å². The van der Waals surface area contributed by atoms with E-state index in [-0.39, 0.29) is 0 Å². The molecule has 6 aromatic carbocycles. The lowest BCUT2D eigenvalue weighted by Crippen LogP contribution is -2.31. The fraction of sp³-hybridized carbons (Fsp3) is 0.0800. The number of hydrogen-bond donors (Lipinski definition) is 0. The maximum atomic E-state index is 4.25. The van der Waals surface area contributed by atoms with E-state index in [0.717, 1.165) is 17.7 Å². The van der Waals surface area contributed by atoms with E-state index in [0.29, 0.717) is 5.92 Å². The lowest BCUT2D eigenvalue weighted by molar-refractivity contribution is 0.795. The molecule has 3 heterocycles. The number of benzene rings is 6. The third kappa shape index (κ3) is 5.51. The molecule has 1 aliphatic heterocycles. The average Bonchev–Trinajstić information content (AvgIpc) is 3.72. The van der Waals surface area contributed by atoms with E-state index < -0.39 is 0 Å². The van der Waals surface area contributed by atoms with Crippen LogP contribution in [0.25, 0.3) is 78.5 Å². The highest BCUT2D eigenvalue weighted by molar-refractivity contribution is 8.03. The first kappa shape index (κ1) is 31.7. The second kappa shape index (κ2) is 12.9. The van der Waals surface area contributed by atoms with Gasteiger partial charge in [0.1, 0.15) is 0 Å². The van der Waals surface area contributed by atoms with Crippen LogP contribution in [-0.4, -0.2) is 9.13 Å². The quantitative estimate of drug-likeness (QED) is 0.178. The Hall–Kier alpha value is -6.03. The van der Waals surface area contributed by atoms with Crippen LogP contribution in [0, 0.1) is 5.92 Å². The number of fused-ring (bicyclic) bond motifs is 7. The van der Waals surface area contributed by atoms with E-state index in [4.69, 9.17) is 0 Å². The highest BCUT2D eigenvalue weighted by Gasteiger charge is 2.18. The predicted molar refractivity (Wildman–Crippen MR) is 227 cm³/mol. The van der Waals surface area contributed by atoms with Gasteiger partial charge in [0.15, 0.2) is 0 Å². The van der Waals surface area contributed by atoms with E-state index in [1.807, 2.05) is 0 Å². The zero-order chi connectivity index (χ0) is 35.5. The molecular weight excluding hydrogens is 661 g/mol. The van der Waals surface area contributed by atoms with E-state index >= 15 is 0 Å². The Balaban J connectivity index is 1.11. The summed E-state index contributed by atoms with van der Waals surface area (Å²) in [5.74, 6) is 0.493. The van der Waals surface area contributed by atoms with Gasteiger partial charge in [0.25, 0.3) is 0 Å². The molecule has 10 rings (SSSR count). The summed E-state index contributed by atoms with van der Waals surface area (Å²) in [5.41, 5.74) is 12.3. The number of rotatable bonds is 4. The molecule has 0 fully saturated rings. The van der Waals surface area contributed by atoms with E-state index in [1.165, 1.54) is 87.4 Å². The number of aromatic nitrogens is 2. The van der Waals surface area contributed by atoms with Crippen molar-refractivity contribution < 1.29 is 0 Å². The minimum atomic E-state index is 0.493. The van der Waals surface area contributed by atoms with E-state index in [9.17, 15) is 0 Å². The summed E-state index contributed by atoms with van der Waals surface area (Å²) < 4.78 is 4.89. The topological polar surface area (TPSA) is 9.86 Å². The summed E-state index contributed by atoms with van der Waals surface area (Å²) in [6.07, 6.45) is 15.4. The Morgan fingerprint density at radius 1 is 0.604 bits per heavy atom. The molecule has 254 valence electrons. The first-order chi connectivity index (χ1) is 26.1. The van der Waals surface area contributed by atoms with Crippen molar-refractivity contribution >= 4 is 56.6 Å². The zero-order valence-electron chi connectivity index (χ0n) is 29.7. The summed E-state index contributed by atoms with van der Waals surface area (Å²) >= 11 is 1.75. The molecule has 0 radical (unpaired) electrons. The normalized spacial score (nSPS) is 16.6. The van der Waals surface area contributed by atoms with Crippen molar-refractivity contribution in [2.45, 2.75) is 24.7 Å². The molecule has 8 aromatic rings. The molecule has 53 heavy (non-hydrogen) atoms. The van der Waals surface area contributed by atoms with Crippen LogP contribution in [-0.2, 0) is 6.42 Å². The first-order valence-corrected chi connectivity index (χ1v) is 19.3. The molecule has 0 spiro atoms. The summed E-state index contributed by atoms with van der Waals surface area (Å²) in [5, 5.41) is 6.46. The minimum absolute atomic E-state index is 0.493. The number of allylic oxidation sites excluding steroid dienone is 4. The fourth-order valence-corrected chi connectivity index (χ4v) is 9.12. The molecule has 1 atom stereocenters. The Morgan fingerprint density at radius 3 is 2.19 bits per heavy atom. The maximum Gasteiger partial charge on any atom is 0.0541 e. The fourth-order valence-electron chi connectivity index (χ4n) is 8.28. The van der Waals surface area contributed by atoms with Crippen LogP contribution < -0.4 is 10.6 Å². The molecular formula is C50H38N2S. The third-order valence-electron chi connectivity index (χ3n) is 10.8. The molecule has 2 aromatic heterocycles. The van der Waals surface area contributed by atoms with Gasteiger partial charge in [-0.15, -0.1) is 0 Å². The van der Waals surface area contributed by atoms with Crippen LogP contribution in [0.4, 0.5) is 0 Å². The van der Waals surface area contributed by atoms with Crippen LogP contribution in [0.15, 0.2) is 174 Å². The van der Waals surface area contributed by atoms with Crippen LogP contribution in [0.3, 0.4) is 0 Å². The van der Waals surface area contributed by atoms with Gasteiger partial charge in [-0.1, -0.05) is 128 Å². The summed E-state index contributed by atoms with van der Waals surface area (Å²) in [4.78, 5) is 2.33. The van der Waals surface area contributed by atoms with Crippen molar-refractivity contribution in [3.63, 3.8) is 0 Å². The largest absolute Gasteiger partial charge is 0.310 e. The van der Waals surface area contributed by atoms with Gasteiger partial charge in [-0.25, -0.2) is 0 Å². The standard InChI is InChI=1S/C50H38N2S/c1-33-20-24-47-43(28-33)45-32-38(22-26-49(45)52(47)41-23-27-50-39(30-41)15-8-3-5-12-34(2)53-50)37-21-25-48-44(31-37)42-18-9-10-19-46(42)51(48)40-17-11-16-36(29-40)35-13-6-4-7-14-35/h3-14,16-19,21-33H,2,15,20H2,1H3/b8-3-,12-5-. The lowest BCUT2D eigenvalue weighted by Gasteiger charge is -2.14. The molecule has 0 N–H and O–H groups in total. The van der Waals surface area contributed by atoms with Gasteiger partial charge in [0.05, 0.1) is 16.6 Å². The van der Waals surface area contributed by atoms with Crippen LogP contribution >= 0.6 is 11.8 Å². The van der Waals surface area contributed by atoms with Crippen molar-refractivity contribution in [2.24, 2.45) is 5.92 Å². The second-order valence-electron chi connectivity index (χ2n) is 14.3. The van der Waals surface area contributed by atoms with Crippen LogP contribution in [0.2, 0.25) is 0 Å². The minimum Gasteiger partial charge on any atom is -0.310 e.